The topological polar surface area (TPSA) is 100 Å². The summed E-state index contributed by atoms with van der Waals surface area (Å²) in [5.41, 5.74) is 0.913. The number of hydrogen-bond acceptors (Lipinski definition) is 9. The molecule has 0 bridgehead atoms. The van der Waals surface area contributed by atoms with Gasteiger partial charge in [-0.25, -0.2) is 14.4 Å². The summed E-state index contributed by atoms with van der Waals surface area (Å²) < 4.78 is 22.7. The van der Waals surface area contributed by atoms with Gasteiger partial charge in [0.2, 0.25) is 0 Å². The number of aliphatic imine (C=N–C) groups is 1. The van der Waals surface area contributed by atoms with Crippen molar-refractivity contribution in [1.29, 1.82) is 0 Å². The van der Waals surface area contributed by atoms with Crippen LogP contribution in [0, 0.1) is 0 Å². The molecule has 1 heterocycles. The molecule has 9 heteroatoms. The number of hydrogen-bond donors (Lipinski definition) is 0. The lowest BCUT2D eigenvalue weighted by Crippen LogP contribution is -2.41. The molecule has 36 heavy (non-hydrogen) atoms. The van der Waals surface area contributed by atoms with E-state index in [-0.39, 0.29) is 17.7 Å². The first kappa shape index (κ1) is 24.9. The molecule has 0 spiro atoms. The maximum absolute atomic E-state index is 12.9. The van der Waals surface area contributed by atoms with Crippen LogP contribution in [0.25, 0.3) is 0 Å². The number of nitrogens with zero attached hydrogens (tertiary/aromatic N) is 1. The molecule has 1 unspecified atom stereocenters. The summed E-state index contributed by atoms with van der Waals surface area (Å²) in [7, 11) is 0. The van der Waals surface area contributed by atoms with Crippen LogP contribution in [-0.2, 0) is 18.9 Å². The molecule has 0 amide bonds. The predicted molar refractivity (Wildman–Crippen MR) is 132 cm³/mol. The smallest absolute Gasteiger partial charge is 0.338 e. The molecule has 1 saturated heterocycles. The summed E-state index contributed by atoms with van der Waals surface area (Å²) in [5.74, 6) is -1.93. The minimum Gasteiger partial charge on any atom is -0.459 e. The van der Waals surface area contributed by atoms with Gasteiger partial charge in [-0.1, -0.05) is 54.6 Å². The Balaban J connectivity index is 1.58. The van der Waals surface area contributed by atoms with Gasteiger partial charge in [0.25, 0.3) is 0 Å². The molecular formula is C27H21NO7S. The number of carbonyl (C=O) groups excluding carboxylic acids is 3. The molecular weight excluding hydrogens is 482 g/mol. The van der Waals surface area contributed by atoms with E-state index >= 15 is 0 Å². The van der Waals surface area contributed by atoms with Crippen LogP contribution in [0.5, 0.6) is 0 Å². The molecule has 0 saturated carbocycles. The molecule has 4 rings (SSSR count). The molecule has 4 atom stereocenters. The molecule has 0 N–H and O–H groups in total. The van der Waals surface area contributed by atoms with E-state index in [1.807, 2.05) is 0 Å². The van der Waals surface area contributed by atoms with Crippen molar-refractivity contribution in [3.8, 4) is 0 Å². The highest BCUT2D eigenvalue weighted by Gasteiger charge is 2.50. The number of thiocarbonyl (C=S) groups is 1. The lowest BCUT2D eigenvalue weighted by Gasteiger charge is -2.23. The van der Waals surface area contributed by atoms with Gasteiger partial charge in [-0.05, 0) is 48.6 Å². The third-order valence-corrected chi connectivity index (χ3v) is 5.46. The van der Waals surface area contributed by atoms with Gasteiger partial charge in [0.1, 0.15) is 12.7 Å². The van der Waals surface area contributed by atoms with E-state index in [2.05, 4.69) is 10.2 Å². The Morgan fingerprint density at radius 1 is 0.722 bits per heavy atom. The van der Waals surface area contributed by atoms with Crippen molar-refractivity contribution >= 4 is 35.3 Å². The van der Waals surface area contributed by atoms with Crippen LogP contribution in [0.3, 0.4) is 0 Å². The minimum atomic E-state index is -1.17. The molecule has 1 aliphatic heterocycles. The average molecular weight is 504 g/mol. The summed E-state index contributed by atoms with van der Waals surface area (Å²) in [6.07, 6.45) is -4.42. The predicted octanol–water partition coefficient (Wildman–Crippen LogP) is 4.12. The lowest BCUT2D eigenvalue weighted by atomic mass is 10.1. The van der Waals surface area contributed by atoms with Gasteiger partial charge in [0.15, 0.2) is 18.4 Å². The van der Waals surface area contributed by atoms with E-state index in [1.165, 1.54) is 0 Å². The molecule has 0 radical (unpaired) electrons. The Labute approximate surface area is 212 Å². The Hall–Kier alpha value is -4.17. The number of esters is 3. The van der Waals surface area contributed by atoms with Crippen molar-refractivity contribution in [1.82, 2.24) is 0 Å². The van der Waals surface area contributed by atoms with E-state index in [1.54, 1.807) is 91.0 Å². The molecule has 0 aromatic heterocycles. The standard InChI is InChI=1S/C27H21NO7S/c29-25(18-10-4-1-5-11-18)32-16-21-22(34-26(30)19-12-6-2-7-13-19)23(24(33-21)28-17-36)35-27(31)20-14-8-3-9-15-20/h1-15,21-24H,16H2/t21-,22+,23-,24?/m1/s1. The lowest BCUT2D eigenvalue weighted by molar-refractivity contribution is -0.0445. The van der Waals surface area contributed by atoms with Crippen LogP contribution in [-0.4, -0.2) is 54.2 Å². The Morgan fingerprint density at radius 3 is 1.64 bits per heavy atom. The second-order valence-electron chi connectivity index (χ2n) is 7.72. The Bertz CT molecular complexity index is 1250. The normalized spacial score (nSPS) is 20.6. The van der Waals surface area contributed by atoms with Gasteiger partial charge in [-0.2, -0.15) is 4.99 Å². The fourth-order valence-electron chi connectivity index (χ4n) is 3.61. The summed E-state index contributed by atoms with van der Waals surface area (Å²) in [4.78, 5) is 42.1. The first-order valence-electron chi connectivity index (χ1n) is 11.0. The van der Waals surface area contributed by atoms with Crippen LogP contribution in [0.4, 0.5) is 0 Å². The van der Waals surface area contributed by atoms with Gasteiger partial charge >= 0.3 is 17.9 Å². The molecule has 1 fully saturated rings. The van der Waals surface area contributed by atoms with Gasteiger partial charge < -0.3 is 18.9 Å². The van der Waals surface area contributed by atoms with Crippen molar-refractivity contribution < 1.29 is 33.3 Å². The van der Waals surface area contributed by atoms with Gasteiger partial charge in [0, 0.05) is 0 Å². The molecule has 8 nitrogen and oxygen atoms in total. The zero-order valence-corrected chi connectivity index (χ0v) is 19.7. The maximum Gasteiger partial charge on any atom is 0.338 e. The second kappa shape index (κ2) is 12.0. The first-order chi connectivity index (χ1) is 17.6. The first-order valence-corrected chi connectivity index (χ1v) is 11.4. The number of isothiocyanates is 1. The molecule has 3 aromatic carbocycles. The van der Waals surface area contributed by atoms with Gasteiger partial charge in [-0.15, -0.1) is 0 Å². The molecule has 3 aromatic rings. The Morgan fingerprint density at radius 2 is 1.17 bits per heavy atom. The number of carbonyl (C=O) groups is 3. The largest absolute Gasteiger partial charge is 0.459 e. The summed E-state index contributed by atoms with van der Waals surface area (Å²) >= 11 is 4.73. The highest BCUT2D eigenvalue weighted by molar-refractivity contribution is 7.78. The van der Waals surface area contributed by atoms with E-state index in [4.69, 9.17) is 31.2 Å². The van der Waals surface area contributed by atoms with Crippen molar-refractivity contribution in [3.63, 3.8) is 0 Å². The summed E-state index contributed by atoms with van der Waals surface area (Å²) in [6, 6.07) is 25.0. The van der Waals surface area contributed by atoms with Gasteiger partial charge in [0.05, 0.1) is 21.9 Å². The Kier molecular flexibility index (Phi) is 8.31. The van der Waals surface area contributed by atoms with Crippen LogP contribution in [0.2, 0.25) is 0 Å². The van der Waals surface area contributed by atoms with Crippen LogP contribution in [0.15, 0.2) is 96.0 Å². The van der Waals surface area contributed by atoms with Crippen LogP contribution < -0.4 is 0 Å². The fourth-order valence-corrected chi connectivity index (χ4v) is 3.72. The molecule has 182 valence electrons. The molecule has 1 aliphatic rings. The average Bonchev–Trinajstić information content (AvgIpc) is 3.24. The fraction of sp³-hybridized carbons (Fsp3) is 0.185. The number of ether oxygens (including phenoxy) is 4. The highest BCUT2D eigenvalue weighted by Crippen LogP contribution is 2.30. The zero-order valence-electron chi connectivity index (χ0n) is 18.9. The second-order valence-corrected chi connectivity index (χ2v) is 7.90. The summed E-state index contributed by atoms with van der Waals surface area (Å²) in [6.45, 7) is -0.288. The monoisotopic (exact) mass is 503 g/mol. The summed E-state index contributed by atoms with van der Waals surface area (Å²) in [5, 5.41) is 2.21. The number of benzene rings is 3. The molecule has 0 aliphatic carbocycles. The van der Waals surface area contributed by atoms with Crippen LogP contribution in [0.1, 0.15) is 31.1 Å². The number of rotatable bonds is 8. The zero-order chi connectivity index (χ0) is 25.3. The minimum absolute atomic E-state index is 0.285. The van der Waals surface area contributed by atoms with E-state index in [9.17, 15) is 14.4 Å². The maximum atomic E-state index is 12.9. The van der Waals surface area contributed by atoms with Crippen molar-refractivity contribution in [2.45, 2.75) is 24.5 Å². The van der Waals surface area contributed by atoms with Crippen LogP contribution >= 0.6 is 12.2 Å². The highest BCUT2D eigenvalue weighted by atomic mass is 32.1. The van der Waals surface area contributed by atoms with Crippen molar-refractivity contribution in [2.24, 2.45) is 4.99 Å². The van der Waals surface area contributed by atoms with E-state index < -0.39 is 42.4 Å². The third kappa shape index (κ3) is 6.09. The van der Waals surface area contributed by atoms with Crippen molar-refractivity contribution in [3.05, 3.63) is 108 Å². The van der Waals surface area contributed by atoms with E-state index in [0.717, 1.165) is 0 Å². The third-order valence-electron chi connectivity index (χ3n) is 5.36. The van der Waals surface area contributed by atoms with E-state index in [0.29, 0.717) is 5.56 Å². The quantitative estimate of drug-likeness (QED) is 0.196. The SMILES string of the molecule is O=C(OC[C@H]1OC(N=C=S)[C@H](OC(=O)c2ccccc2)[C@H]1OC(=O)c1ccccc1)c1ccccc1. The van der Waals surface area contributed by atoms with Crippen molar-refractivity contribution in [2.75, 3.05) is 6.61 Å². The van der Waals surface area contributed by atoms with Gasteiger partial charge in [-0.3, -0.25) is 0 Å².